The molecule has 0 spiro atoms. The first-order valence-electron chi connectivity index (χ1n) is 11.3. The zero-order valence-electron chi connectivity index (χ0n) is 19.1. The molecule has 0 saturated carbocycles. The largest absolute Gasteiger partial charge is 0.420 e. The van der Waals surface area contributed by atoms with Crippen molar-refractivity contribution < 1.29 is 9.53 Å². The summed E-state index contributed by atoms with van der Waals surface area (Å²) < 4.78 is 6.06. The van der Waals surface area contributed by atoms with E-state index in [4.69, 9.17) is 14.9 Å². The van der Waals surface area contributed by atoms with Gasteiger partial charge >= 0.3 is 5.97 Å². The highest BCUT2D eigenvalue weighted by atomic mass is 16.5. The highest BCUT2D eigenvalue weighted by molar-refractivity contribution is 5.91. The number of hydrogen-bond donors (Lipinski definition) is 0. The highest BCUT2D eigenvalue weighted by Crippen LogP contribution is 2.38. The quantitative estimate of drug-likeness (QED) is 0.244. The van der Waals surface area contributed by atoms with Crippen molar-refractivity contribution in [2.45, 2.75) is 52.4 Å². The minimum Gasteiger partial charge on any atom is -0.420 e. The van der Waals surface area contributed by atoms with Crippen LogP contribution in [0.1, 0.15) is 73.9 Å². The first kappa shape index (κ1) is 21.8. The molecular formula is C27H29N3O2. The Balaban J connectivity index is 1.92. The molecule has 164 valence electrons. The second-order valence-electron chi connectivity index (χ2n) is 8.31. The van der Waals surface area contributed by atoms with Crippen LogP contribution in [0.3, 0.4) is 0 Å². The van der Waals surface area contributed by atoms with Gasteiger partial charge in [0, 0.05) is 5.56 Å². The van der Waals surface area contributed by atoms with Crippen LogP contribution in [0.4, 0.5) is 0 Å². The second kappa shape index (κ2) is 9.35. The molecule has 0 radical (unpaired) electrons. The summed E-state index contributed by atoms with van der Waals surface area (Å²) in [5.74, 6) is 0.715. The molecule has 0 saturated heterocycles. The standard InChI is InChI=1S/C27H29N3O2/c1-5-18(3)21-16-22(19(4)6-2)26(32-27(31)20-12-8-7-9-13-20)25(17-21)30-28-23-14-10-11-15-24(23)29-30/h7-19H,5-6H2,1-4H3. The Morgan fingerprint density at radius 3 is 2.06 bits per heavy atom. The predicted molar refractivity (Wildman–Crippen MR) is 128 cm³/mol. The molecule has 5 nitrogen and oxygen atoms in total. The lowest BCUT2D eigenvalue weighted by Gasteiger charge is -2.21. The molecule has 0 amide bonds. The monoisotopic (exact) mass is 427 g/mol. The molecule has 1 heterocycles. The number of aromatic nitrogens is 3. The zero-order chi connectivity index (χ0) is 22.7. The lowest BCUT2D eigenvalue weighted by Crippen LogP contribution is -2.15. The van der Waals surface area contributed by atoms with Crippen LogP contribution in [0.25, 0.3) is 16.7 Å². The van der Waals surface area contributed by atoms with Gasteiger partial charge in [-0.25, -0.2) is 4.79 Å². The molecule has 5 heteroatoms. The first-order valence-corrected chi connectivity index (χ1v) is 11.3. The molecule has 3 aromatic carbocycles. The molecule has 32 heavy (non-hydrogen) atoms. The van der Waals surface area contributed by atoms with Crippen LogP contribution in [0, 0.1) is 0 Å². The normalized spacial score (nSPS) is 13.1. The molecule has 0 aliphatic heterocycles. The van der Waals surface area contributed by atoms with Crippen molar-refractivity contribution in [2.24, 2.45) is 0 Å². The van der Waals surface area contributed by atoms with E-state index in [-0.39, 0.29) is 11.9 Å². The molecule has 0 aliphatic rings. The molecule has 0 aliphatic carbocycles. The minimum atomic E-state index is -0.385. The number of hydrogen-bond acceptors (Lipinski definition) is 4. The molecule has 2 atom stereocenters. The number of ether oxygens (including phenoxy) is 1. The summed E-state index contributed by atoms with van der Waals surface area (Å²) in [6.07, 6.45) is 1.94. The van der Waals surface area contributed by atoms with Gasteiger partial charge in [0.1, 0.15) is 16.7 Å². The third-order valence-corrected chi connectivity index (χ3v) is 6.15. The average Bonchev–Trinajstić information content (AvgIpc) is 3.27. The maximum atomic E-state index is 13.0. The third-order valence-electron chi connectivity index (χ3n) is 6.15. The van der Waals surface area contributed by atoms with Gasteiger partial charge in [-0.05, 0) is 60.6 Å². The van der Waals surface area contributed by atoms with Crippen molar-refractivity contribution in [3.63, 3.8) is 0 Å². The summed E-state index contributed by atoms with van der Waals surface area (Å²) in [6, 6.07) is 21.1. The van der Waals surface area contributed by atoms with Crippen LogP contribution in [-0.2, 0) is 0 Å². The lowest BCUT2D eigenvalue weighted by molar-refractivity contribution is 0.0732. The van der Waals surface area contributed by atoms with E-state index in [1.54, 1.807) is 16.9 Å². The van der Waals surface area contributed by atoms with Gasteiger partial charge in [0.05, 0.1) is 5.56 Å². The topological polar surface area (TPSA) is 57.0 Å². The third kappa shape index (κ3) is 4.28. The van der Waals surface area contributed by atoms with E-state index in [2.05, 4.69) is 39.8 Å². The van der Waals surface area contributed by atoms with Crippen molar-refractivity contribution in [2.75, 3.05) is 0 Å². The lowest BCUT2D eigenvalue weighted by atomic mass is 9.90. The van der Waals surface area contributed by atoms with Gasteiger partial charge in [0.15, 0.2) is 5.75 Å². The Bertz CT molecular complexity index is 1200. The summed E-state index contributed by atoms with van der Waals surface area (Å²) >= 11 is 0. The van der Waals surface area contributed by atoms with Crippen molar-refractivity contribution >= 4 is 17.0 Å². The van der Waals surface area contributed by atoms with Crippen LogP contribution in [0.2, 0.25) is 0 Å². The van der Waals surface area contributed by atoms with E-state index < -0.39 is 0 Å². The van der Waals surface area contributed by atoms with E-state index in [0.717, 1.165) is 29.4 Å². The fourth-order valence-electron chi connectivity index (χ4n) is 3.72. The predicted octanol–water partition coefficient (Wildman–Crippen LogP) is 6.67. The zero-order valence-corrected chi connectivity index (χ0v) is 19.1. The van der Waals surface area contributed by atoms with Gasteiger partial charge < -0.3 is 4.74 Å². The van der Waals surface area contributed by atoms with Gasteiger partial charge in [0.25, 0.3) is 0 Å². The van der Waals surface area contributed by atoms with E-state index >= 15 is 0 Å². The maximum Gasteiger partial charge on any atom is 0.343 e. The van der Waals surface area contributed by atoms with Crippen molar-refractivity contribution in [1.82, 2.24) is 15.0 Å². The van der Waals surface area contributed by atoms with Gasteiger partial charge in [-0.2, -0.15) is 0 Å². The smallest absolute Gasteiger partial charge is 0.343 e. The van der Waals surface area contributed by atoms with E-state index in [1.807, 2.05) is 42.5 Å². The van der Waals surface area contributed by atoms with Crippen LogP contribution in [0.5, 0.6) is 5.75 Å². The molecule has 0 fully saturated rings. The van der Waals surface area contributed by atoms with Crippen molar-refractivity contribution in [3.8, 4) is 11.4 Å². The number of fused-ring (bicyclic) bond motifs is 1. The molecule has 1 aromatic heterocycles. The molecule has 2 unspecified atom stereocenters. The van der Waals surface area contributed by atoms with E-state index in [9.17, 15) is 4.79 Å². The van der Waals surface area contributed by atoms with E-state index in [1.165, 1.54) is 5.56 Å². The fourth-order valence-corrected chi connectivity index (χ4v) is 3.72. The maximum absolute atomic E-state index is 13.0. The molecular weight excluding hydrogens is 398 g/mol. The van der Waals surface area contributed by atoms with Crippen molar-refractivity contribution in [3.05, 3.63) is 83.4 Å². The van der Waals surface area contributed by atoms with Gasteiger partial charge in [0.2, 0.25) is 0 Å². The van der Waals surface area contributed by atoms with Gasteiger partial charge in [-0.15, -0.1) is 15.0 Å². The summed E-state index contributed by atoms with van der Waals surface area (Å²) in [7, 11) is 0. The Kier molecular flexibility index (Phi) is 6.35. The summed E-state index contributed by atoms with van der Waals surface area (Å²) in [6.45, 7) is 8.69. The molecule has 4 rings (SSSR count). The average molecular weight is 428 g/mol. The summed E-state index contributed by atoms with van der Waals surface area (Å²) in [5.41, 5.74) is 5.00. The Hall–Kier alpha value is -3.47. The Labute approximate surface area is 189 Å². The second-order valence-corrected chi connectivity index (χ2v) is 8.31. The highest BCUT2D eigenvalue weighted by Gasteiger charge is 2.23. The van der Waals surface area contributed by atoms with Crippen LogP contribution in [0.15, 0.2) is 66.7 Å². The van der Waals surface area contributed by atoms with Crippen molar-refractivity contribution in [1.29, 1.82) is 0 Å². The summed E-state index contributed by atoms with van der Waals surface area (Å²) in [5, 5.41) is 9.38. The first-order chi connectivity index (χ1) is 15.5. The minimum absolute atomic E-state index is 0.210. The molecule has 0 N–H and O–H groups in total. The van der Waals surface area contributed by atoms with Gasteiger partial charge in [-0.1, -0.05) is 64.1 Å². The number of esters is 1. The number of rotatable bonds is 7. The van der Waals surface area contributed by atoms with E-state index in [0.29, 0.717) is 22.9 Å². The molecule has 0 bridgehead atoms. The number of benzene rings is 3. The number of carbonyl (C=O) groups is 1. The Morgan fingerprint density at radius 1 is 0.875 bits per heavy atom. The van der Waals surface area contributed by atoms with Crippen LogP contribution in [-0.4, -0.2) is 21.0 Å². The SMILES string of the molecule is CCC(C)c1cc(C(C)CC)c(OC(=O)c2ccccc2)c(-n2nc3ccccc3n2)c1. The van der Waals surface area contributed by atoms with Crippen LogP contribution < -0.4 is 4.74 Å². The number of nitrogens with zero attached hydrogens (tertiary/aromatic N) is 3. The van der Waals surface area contributed by atoms with Crippen LogP contribution >= 0.6 is 0 Å². The summed E-state index contributed by atoms with van der Waals surface area (Å²) in [4.78, 5) is 14.6. The Morgan fingerprint density at radius 2 is 1.47 bits per heavy atom. The number of carbonyl (C=O) groups excluding carboxylic acids is 1. The molecule has 4 aromatic rings. The van der Waals surface area contributed by atoms with Gasteiger partial charge in [-0.3, -0.25) is 0 Å². The fraction of sp³-hybridized carbons (Fsp3) is 0.296.